The van der Waals surface area contributed by atoms with Crippen LogP contribution in [0, 0.1) is 18.2 Å². The second-order valence-corrected chi connectivity index (χ2v) is 8.37. The maximum Gasteiger partial charge on any atom is 0.286 e. The maximum atomic E-state index is 13.5. The molecule has 1 fully saturated rings. The number of carbonyl (C=O) groups is 1. The normalized spacial score (nSPS) is 14.0. The third-order valence-corrected chi connectivity index (χ3v) is 5.71. The van der Waals surface area contributed by atoms with Gasteiger partial charge in [-0.2, -0.15) is 0 Å². The Morgan fingerprint density at radius 1 is 1.37 bits per heavy atom. The van der Waals surface area contributed by atoms with Crippen LogP contribution in [0.1, 0.15) is 47.3 Å². The first-order valence-electron chi connectivity index (χ1n) is 9.22. The zero-order valence-electron chi connectivity index (χ0n) is 16.0. The van der Waals surface area contributed by atoms with Gasteiger partial charge in [0.2, 0.25) is 0 Å². The third-order valence-electron chi connectivity index (χ3n) is 4.35. The minimum atomic E-state index is -2.84. The van der Waals surface area contributed by atoms with Crippen molar-refractivity contribution in [3.63, 3.8) is 0 Å². The van der Waals surface area contributed by atoms with E-state index in [0.29, 0.717) is 16.2 Å². The van der Waals surface area contributed by atoms with Crippen molar-refractivity contribution in [3.8, 4) is 12.3 Å². The van der Waals surface area contributed by atoms with Crippen LogP contribution in [0.2, 0.25) is 4.34 Å². The lowest BCUT2D eigenvalue weighted by atomic mass is 9.97. The van der Waals surface area contributed by atoms with E-state index in [2.05, 4.69) is 11.2 Å². The molecule has 0 radical (unpaired) electrons. The number of alkyl halides is 2. The highest BCUT2D eigenvalue weighted by atomic mass is 35.5. The molecule has 2 heterocycles. The quantitative estimate of drug-likeness (QED) is 0.662. The SMILES string of the molecule is C#Cc1cc(C(=O)Nc2cc(F)c(=O)n(CC(F)F)c2)sc1Cl.NC1CCCCC1. The molecule has 0 unspecified atom stereocenters. The van der Waals surface area contributed by atoms with Gasteiger partial charge in [-0.1, -0.05) is 36.8 Å². The average Bonchev–Trinajstić information content (AvgIpc) is 3.07. The van der Waals surface area contributed by atoms with Crippen LogP contribution < -0.4 is 16.6 Å². The van der Waals surface area contributed by atoms with E-state index >= 15 is 0 Å². The highest BCUT2D eigenvalue weighted by Crippen LogP contribution is 2.27. The molecular weight excluding hydrogens is 439 g/mol. The van der Waals surface area contributed by atoms with E-state index in [1.54, 1.807) is 0 Å². The van der Waals surface area contributed by atoms with E-state index in [1.807, 2.05) is 0 Å². The van der Waals surface area contributed by atoms with Crippen molar-refractivity contribution < 1.29 is 18.0 Å². The van der Waals surface area contributed by atoms with Crippen molar-refractivity contribution in [1.82, 2.24) is 4.57 Å². The number of nitrogens with two attached hydrogens (primary N) is 1. The van der Waals surface area contributed by atoms with Crippen molar-refractivity contribution >= 4 is 34.5 Å². The zero-order valence-corrected chi connectivity index (χ0v) is 17.5. The third kappa shape index (κ3) is 6.90. The molecule has 1 aliphatic rings. The molecule has 0 spiro atoms. The minimum Gasteiger partial charge on any atom is -0.328 e. The summed E-state index contributed by atoms with van der Waals surface area (Å²) in [4.78, 5) is 23.6. The highest BCUT2D eigenvalue weighted by Gasteiger charge is 2.16. The molecule has 0 saturated heterocycles. The Balaban J connectivity index is 0.000000386. The first-order chi connectivity index (χ1) is 14.2. The fraction of sp³-hybridized carbons (Fsp3) is 0.400. The summed E-state index contributed by atoms with van der Waals surface area (Å²) in [7, 11) is 0. The van der Waals surface area contributed by atoms with Gasteiger partial charge in [0.15, 0.2) is 5.82 Å². The van der Waals surface area contributed by atoms with Crippen LogP contribution in [0.5, 0.6) is 0 Å². The Labute approximate surface area is 181 Å². The van der Waals surface area contributed by atoms with E-state index in [4.69, 9.17) is 23.8 Å². The largest absolute Gasteiger partial charge is 0.328 e. The van der Waals surface area contributed by atoms with Crippen LogP contribution in [0.4, 0.5) is 18.9 Å². The molecule has 10 heteroatoms. The smallest absolute Gasteiger partial charge is 0.286 e. The molecule has 3 N–H and O–H groups in total. The lowest BCUT2D eigenvalue weighted by Gasteiger charge is -2.15. The second-order valence-electron chi connectivity index (χ2n) is 6.72. The molecule has 1 saturated carbocycles. The van der Waals surface area contributed by atoms with Crippen molar-refractivity contribution in [1.29, 1.82) is 0 Å². The summed E-state index contributed by atoms with van der Waals surface area (Å²) in [5.74, 6) is 0.386. The number of halogens is 4. The van der Waals surface area contributed by atoms with Crippen molar-refractivity contribution in [2.24, 2.45) is 5.73 Å². The molecule has 1 aliphatic carbocycles. The standard InChI is InChI=1S/C14H8ClF3N2O2S.C6H13N/c1-2-7-3-10(23-12(7)15)13(21)19-8-4-9(16)14(22)20(5-8)6-11(17)18;7-6-4-2-1-3-5-6/h1,3-5,11H,6H2,(H,19,21);6H,1-5,7H2. The molecule has 1 amide bonds. The first kappa shape index (κ1) is 24.0. The van der Waals surface area contributed by atoms with Gasteiger partial charge in [-0.05, 0) is 18.9 Å². The Hall–Kier alpha value is -2.28. The Kier molecular flexibility index (Phi) is 8.96. The van der Waals surface area contributed by atoms with Gasteiger partial charge in [0.25, 0.3) is 17.9 Å². The average molecular weight is 460 g/mol. The van der Waals surface area contributed by atoms with Gasteiger partial charge >= 0.3 is 0 Å². The molecule has 0 bridgehead atoms. The van der Waals surface area contributed by atoms with Crippen LogP contribution in [0.15, 0.2) is 23.1 Å². The number of aromatic nitrogens is 1. The Morgan fingerprint density at radius 3 is 2.53 bits per heavy atom. The number of amides is 1. The number of hydrogen-bond donors (Lipinski definition) is 2. The van der Waals surface area contributed by atoms with Gasteiger partial charge in [-0.25, -0.2) is 13.2 Å². The van der Waals surface area contributed by atoms with Crippen molar-refractivity contribution in [2.75, 3.05) is 5.32 Å². The molecular formula is C20H21ClF3N3O2S. The van der Waals surface area contributed by atoms with Crippen LogP contribution in [-0.2, 0) is 6.54 Å². The number of nitrogens with one attached hydrogen (secondary N) is 1. The van der Waals surface area contributed by atoms with E-state index < -0.39 is 30.3 Å². The Morgan fingerprint density at radius 2 is 2.03 bits per heavy atom. The fourth-order valence-corrected chi connectivity index (χ4v) is 3.96. The van der Waals surface area contributed by atoms with Gasteiger partial charge in [-0.3, -0.25) is 9.59 Å². The fourth-order valence-electron chi connectivity index (χ4n) is 2.86. The molecule has 3 rings (SSSR count). The minimum absolute atomic E-state index is 0.139. The number of nitrogens with zero attached hydrogens (tertiary/aromatic N) is 1. The lowest BCUT2D eigenvalue weighted by molar-refractivity contribution is 0.103. The maximum absolute atomic E-state index is 13.5. The van der Waals surface area contributed by atoms with Crippen LogP contribution >= 0.6 is 22.9 Å². The van der Waals surface area contributed by atoms with Gasteiger partial charge in [0.05, 0.1) is 22.7 Å². The van der Waals surface area contributed by atoms with Gasteiger partial charge in [0.1, 0.15) is 4.34 Å². The number of anilines is 1. The number of thiophene rings is 1. The summed E-state index contributed by atoms with van der Waals surface area (Å²) in [5.41, 5.74) is 4.63. The second kappa shape index (κ2) is 11.2. The lowest BCUT2D eigenvalue weighted by Crippen LogP contribution is -2.26. The highest BCUT2D eigenvalue weighted by molar-refractivity contribution is 7.18. The topological polar surface area (TPSA) is 77.1 Å². The van der Waals surface area contributed by atoms with E-state index in [1.165, 1.54) is 38.2 Å². The predicted molar refractivity (Wildman–Crippen MR) is 113 cm³/mol. The zero-order chi connectivity index (χ0) is 22.3. The predicted octanol–water partition coefficient (Wildman–Crippen LogP) is 4.48. The summed E-state index contributed by atoms with van der Waals surface area (Å²) in [5, 5.41) is 2.30. The first-order valence-corrected chi connectivity index (χ1v) is 10.4. The molecule has 0 aliphatic heterocycles. The van der Waals surface area contributed by atoms with Gasteiger partial charge in [0, 0.05) is 18.3 Å². The molecule has 0 atom stereocenters. The number of pyridine rings is 1. The number of carbonyl (C=O) groups excluding carboxylic acids is 1. The van der Waals surface area contributed by atoms with Gasteiger partial charge < -0.3 is 15.6 Å². The Bertz CT molecular complexity index is 979. The molecule has 30 heavy (non-hydrogen) atoms. The summed E-state index contributed by atoms with van der Waals surface area (Å²) in [6.07, 6.45) is 9.96. The summed E-state index contributed by atoms with van der Waals surface area (Å²) in [6.45, 7) is -0.981. The van der Waals surface area contributed by atoms with E-state index in [9.17, 15) is 22.8 Å². The molecule has 5 nitrogen and oxygen atoms in total. The van der Waals surface area contributed by atoms with Crippen LogP contribution in [0.3, 0.4) is 0 Å². The van der Waals surface area contributed by atoms with Gasteiger partial charge in [-0.15, -0.1) is 17.8 Å². The molecule has 0 aromatic carbocycles. The van der Waals surface area contributed by atoms with E-state index in [-0.39, 0.29) is 14.9 Å². The molecule has 2 aromatic heterocycles. The van der Waals surface area contributed by atoms with Crippen molar-refractivity contribution in [3.05, 3.63) is 49.3 Å². The molecule has 162 valence electrons. The monoisotopic (exact) mass is 459 g/mol. The summed E-state index contributed by atoms with van der Waals surface area (Å²) < 4.78 is 39.0. The van der Waals surface area contributed by atoms with Crippen molar-refractivity contribution in [2.45, 2.75) is 51.1 Å². The molecule has 2 aromatic rings. The number of hydrogen-bond acceptors (Lipinski definition) is 4. The van der Waals surface area contributed by atoms with Crippen LogP contribution in [0.25, 0.3) is 0 Å². The summed E-state index contributed by atoms with van der Waals surface area (Å²) in [6, 6.07) is 2.65. The summed E-state index contributed by atoms with van der Waals surface area (Å²) >= 11 is 6.74. The number of rotatable bonds is 4. The van der Waals surface area contributed by atoms with E-state index in [0.717, 1.165) is 23.6 Å². The van der Waals surface area contributed by atoms with Crippen LogP contribution in [-0.4, -0.2) is 22.9 Å². The number of terminal acetylenes is 1.